The minimum Gasteiger partial charge on any atom is -0.477 e. The Kier molecular flexibility index (Phi) is 2.34. The van der Waals surface area contributed by atoms with Gasteiger partial charge < -0.3 is 10.1 Å². The van der Waals surface area contributed by atoms with Crippen LogP contribution in [0.25, 0.3) is 22.2 Å². The third kappa shape index (κ3) is 1.56. The normalized spacial score (nSPS) is 10.9. The third-order valence-corrected chi connectivity index (χ3v) is 3.16. The first-order chi connectivity index (χ1) is 8.66. The predicted molar refractivity (Wildman–Crippen MR) is 67.8 cm³/mol. The van der Waals surface area contributed by atoms with Gasteiger partial charge in [-0.15, -0.1) is 0 Å². The number of carbonyl (C=O) groups is 1. The van der Waals surface area contributed by atoms with Crippen LogP contribution < -0.4 is 0 Å². The quantitative estimate of drug-likeness (QED) is 0.663. The fourth-order valence-electron chi connectivity index (χ4n) is 1.86. The van der Waals surface area contributed by atoms with Gasteiger partial charge in [0, 0.05) is 22.7 Å². The first kappa shape index (κ1) is 10.9. The zero-order chi connectivity index (χ0) is 12.7. The molecule has 0 saturated carbocycles. The Balaban J connectivity index is 2.18. The molecule has 0 unspecified atom stereocenters. The van der Waals surface area contributed by atoms with Gasteiger partial charge >= 0.3 is 5.97 Å². The number of nitrogens with zero attached hydrogens (tertiary/aromatic N) is 1. The van der Waals surface area contributed by atoms with Gasteiger partial charge in [0.1, 0.15) is 5.69 Å². The fourth-order valence-corrected chi connectivity index (χ4v) is 2.19. The van der Waals surface area contributed by atoms with Gasteiger partial charge in [-0.25, -0.2) is 4.79 Å². The van der Waals surface area contributed by atoms with E-state index in [-0.39, 0.29) is 5.69 Å². The van der Waals surface area contributed by atoms with E-state index in [2.05, 4.69) is 15.2 Å². The van der Waals surface area contributed by atoms with Gasteiger partial charge in [-0.05, 0) is 24.3 Å². The van der Waals surface area contributed by atoms with Crippen LogP contribution in [-0.4, -0.2) is 26.3 Å². The lowest BCUT2D eigenvalue weighted by Crippen LogP contribution is -1.95. The number of rotatable bonds is 2. The molecule has 90 valence electrons. The topological polar surface area (TPSA) is 81.8 Å². The molecule has 18 heavy (non-hydrogen) atoms. The molecule has 0 fully saturated rings. The number of hydrogen-bond donors (Lipinski definition) is 3. The van der Waals surface area contributed by atoms with Crippen LogP contribution in [0, 0.1) is 0 Å². The maximum absolute atomic E-state index is 10.8. The Morgan fingerprint density at radius 3 is 2.89 bits per heavy atom. The smallest absolute Gasteiger partial charge is 0.353 e. The van der Waals surface area contributed by atoms with E-state index in [1.54, 1.807) is 6.20 Å². The van der Waals surface area contributed by atoms with Crippen molar-refractivity contribution in [1.29, 1.82) is 0 Å². The van der Waals surface area contributed by atoms with E-state index >= 15 is 0 Å². The Labute approximate surface area is 106 Å². The summed E-state index contributed by atoms with van der Waals surface area (Å²) in [6.07, 6.45) is 1.80. The summed E-state index contributed by atoms with van der Waals surface area (Å²) in [5.41, 5.74) is 2.18. The molecule has 0 saturated heterocycles. The molecule has 0 atom stereocenters. The molecule has 2 aromatic heterocycles. The van der Waals surface area contributed by atoms with E-state index in [0.29, 0.717) is 16.3 Å². The highest BCUT2D eigenvalue weighted by atomic mass is 35.5. The van der Waals surface area contributed by atoms with Crippen molar-refractivity contribution in [2.24, 2.45) is 0 Å². The number of nitrogens with one attached hydrogen (secondary N) is 2. The highest BCUT2D eigenvalue weighted by Gasteiger charge is 2.13. The summed E-state index contributed by atoms with van der Waals surface area (Å²) < 4.78 is 0. The highest BCUT2D eigenvalue weighted by Crippen LogP contribution is 2.33. The summed E-state index contributed by atoms with van der Waals surface area (Å²) in [6, 6.07) is 7.02. The molecular weight excluding hydrogens is 254 g/mol. The van der Waals surface area contributed by atoms with E-state index in [1.807, 2.05) is 18.2 Å². The van der Waals surface area contributed by atoms with Crippen molar-refractivity contribution in [3.63, 3.8) is 0 Å². The SMILES string of the molecule is O=C(O)c1cc(-c2ccc3[nH]ccc3c2Cl)n[nH]1. The van der Waals surface area contributed by atoms with E-state index in [9.17, 15) is 4.79 Å². The molecule has 0 aliphatic carbocycles. The van der Waals surface area contributed by atoms with E-state index in [1.165, 1.54) is 6.07 Å². The second-order valence-electron chi connectivity index (χ2n) is 3.84. The molecule has 3 N–H and O–H groups in total. The molecule has 1 aromatic carbocycles. The Bertz CT molecular complexity index is 745. The van der Waals surface area contributed by atoms with Crippen molar-refractivity contribution >= 4 is 28.5 Å². The van der Waals surface area contributed by atoms with Crippen molar-refractivity contribution in [3.8, 4) is 11.3 Å². The monoisotopic (exact) mass is 261 g/mol. The number of benzene rings is 1. The molecule has 0 amide bonds. The molecule has 0 radical (unpaired) electrons. The van der Waals surface area contributed by atoms with Gasteiger partial charge in [0.2, 0.25) is 0 Å². The van der Waals surface area contributed by atoms with Crippen LogP contribution in [-0.2, 0) is 0 Å². The van der Waals surface area contributed by atoms with Crippen LogP contribution in [0.1, 0.15) is 10.5 Å². The van der Waals surface area contributed by atoms with Crippen molar-refractivity contribution in [1.82, 2.24) is 15.2 Å². The van der Waals surface area contributed by atoms with Gasteiger partial charge in [-0.2, -0.15) is 5.10 Å². The van der Waals surface area contributed by atoms with Crippen LogP contribution in [0.3, 0.4) is 0 Å². The first-order valence-corrected chi connectivity index (χ1v) is 5.59. The predicted octanol–water partition coefficient (Wildman–Crippen LogP) is 2.91. The van der Waals surface area contributed by atoms with Gasteiger partial charge in [-0.1, -0.05) is 11.6 Å². The largest absolute Gasteiger partial charge is 0.477 e. The second-order valence-corrected chi connectivity index (χ2v) is 4.22. The van der Waals surface area contributed by atoms with Crippen molar-refractivity contribution in [2.45, 2.75) is 0 Å². The molecule has 0 aliphatic rings. The maximum atomic E-state index is 10.8. The molecule has 3 aromatic rings. The lowest BCUT2D eigenvalue weighted by atomic mass is 10.1. The number of halogens is 1. The van der Waals surface area contributed by atoms with Gasteiger partial charge in [-0.3, -0.25) is 5.10 Å². The van der Waals surface area contributed by atoms with Crippen LogP contribution in [0.2, 0.25) is 5.02 Å². The highest BCUT2D eigenvalue weighted by molar-refractivity contribution is 6.38. The summed E-state index contributed by atoms with van der Waals surface area (Å²) in [5, 5.41) is 16.7. The number of hydrogen-bond acceptors (Lipinski definition) is 2. The second kappa shape index (κ2) is 3.89. The van der Waals surface area contributed by atoms with Gasteiger partial charge in [0.15, 0.2) is 0 Å². The van der Waals surface area contributed by atoms with Crippen LogP contribution in [0.15, 0.2) is 30.5 Å². The summed E-state index contributed by atoms with van der Waals surface area (Å²) in [7, 11) is 0. The number of carboxylic acid groups (broad SMARTS) is 1. The van der Waals surface area contributed by atoms with E-state index < -0.39 is 5.97 Å². The molecular formula is C12H8ClN3O2. The molecule has 2 heterocycles. The summed E-state index contributed by atoms with van der Waals surface area (Å²) in [4.78, 5) is 13.8. The molecule has 5 nitrogen and oxygen atoms in total. The Hall–Kier alpha value is -2.27. The number of aromatic nitrogens is 3. The zero-order valence-electron chi connectivity index (χ0n) is 9.07. The number of carboxylic acids is 1. The van der Waals surface area contributed by atoms with E-state index in [0.717, 1.165) is 10.9 Å². The molecule has 6 heteroatoms. The number of H-pyrrole nitrogens is 2. The van der Waals surface area contributed by atoms with Gasteiger partial charge in [0.05, 0.1) is 10.7 Å². The average molecular weight is 262 g/mol. The fraction of sp³-hybridized carbons (Fsp3) is 0. The Morgan fingerprint density at radius 2 is 2.17 bits per heavy atom. The molecule has 0 spiro atoms. The zero-order valence-corrected chi connectivity index (χ0v) is 9.82. The summed E-state index contributed by atoms with van der Waals surface area (Å²) in [6.45, 7) is 0. The molecule has 0 bridgehead atoms. The number of aromatic amines is 2. The third-order valence-electron chi connectivity index (χ3n) is 2.75. The lowest BCUT2D eigenvalue weighted by Gasteiger charge is -2.01. The van der Waals surface area contributed by atoms with Crippen LogP contribution >= 0.6 is 11.6 Å². The van der Waals surface area contributed by atoms with Crippen molar-refractivity contribution < 1.29 is 9.90 Å². The van der Waals surface area contributed by atoms with Crippen LogP contribution in [0.4, 0.5) is 0 Å². The first-order valence-electron chi connectivity index (χ1n) is 5.21. The molecule has 3 rings (SSSR count). The summed E-state index contributed by atoms with van der Waals surface area (Å²) >= 11 is 6.28. The number of fused-ring (bicyclic) bond motifs is 1. The average Bonchev–Trinajstić information content (AvgIpc) is 2.97. The standard InChI is InChI=1S/C12H8ClN3O2/c13-11-6(1-2-8-7(11)3-4-14-8)9-5-10(12(17)18)16-15-9/h1-5,14H,(H,15,16)(H,17,18). The molecule has 0 aliphatic heterocycles. The minimum atomic E-state index is -1.05. The van der Waals surface area contributed by atoms with Crippen molar-refractivity contribution in [3.05, 3.63) is 41.2 Å². The minimum absolute atomic E-state index is 0.0373. The van der Waals surface area contributed by atoms with Gasteiger partial charge in [0.25, 0.3) is 0 Å². The number of aromatic carboxylic acids is 1. The summed E-state index contributed by atoms with van der Waals surface area (Å²) in [5.74, 6) is -1.05. The Morgan fingerprint density at radius 1 is 1.33 bits per heavy atom. The van der Waals surface area contributed by atoms with E-state index in [4.69, 9.17) is 16.7 Å². The van der Waals surface area contributed by atoms with Crippen LogP contribution in [0.5, 0.6) is 0 Å². The lowest BCUT2D eigenvalue weighted by molar-refractivity contribution is 0.0690. The maximum Gasteiger partial charge on any atom is 0.353 e. The van der Waals surface area contributed by atoms with Crippen molar-refractivity contribution in [2.75, 3.05) is 0 Å².